The average molecular weight is 306 g/mol. The molecule has 0 amide bonds. The molecule has 2 rings (SSSR count). The molecule has 0 spiro atoms. The van der Waals surface area contributed by atoms with Crippen LogP contribution in [-0.4, -0.2) is 36.1 Å². The molecule has 108 valence electrons. The summed E-state index contributed by atoms with van der Waals surface area (Å²) in [7, 11) is 1.45. The van der Waals surface area contributed by atoms with Gasteiger partial charge in [0.1, 0.15) is 0 Å². The molecule has 1 aromatic rings. The van der Waals surface area contributed by atoms with E-state index < -0.39 is 0 Å². The normalized spacial score (nSPS) is 16.9. The molecule has 19 heavy (non-hydrogen) atoms. The first-order chi connectivity index (χ1) is 8.67. The molecule has 1 aliphatic rings. The first-order valence-electron chi connectivity index (χ1n) is 6.16. The number of ether oxygens (including phenoxy) is 1. The van der Waals surface area contributed by atoms with Gasteiger partial charge >= 0.3 is 5.97 Å². The topological polar surface area (TPSA) is 68.5 Å². The van der Waals surface area contributed by atoms with Crippen LogP contribution in [0.1, 0.15) is 24.1 Å². The van der Waals surface area contributed by atoms with Gasteiger partial charge in [0.15, 0.2) is 5.13 Å². The minimum absolute atomic E-state index is 0. The van der Waals surface area contributed by atoms with Crippen molar-refractivity contribution in [3.63, 3.8) is 0 Å². The number of likely N-dealkylation sites (tertiary alicyclic amines) is 1. The van der Waals surface area contributed by atoms with Gasteiger partial charge in [-0.15, -0.1) is 23.7 Å². The quantitative estimate of drug-likeness (QED) is 0.861. The van der Waals surface area contributed by atoms with Crippen LogP contribution in [0.3, 0.4) is 0 Å². The van der Waals surface area contributed by atoms with E-state index >= 15 is 0 Å². The van der Waals surface area contributed by atoms with Crippen LogP contribution >= 0.6 is 23.7 Å². The number of carbonyl (C=O) groups excluding carboxylic acids is 1. The smallest absolute Gasteiger partial charge is 0.305 e. The predicted molar refractivity (Wildman–Crippen MR) is 78.4 cm³/mol. The van der Waals surface area contributed by atoms with Gasteiger partial charge in [-0.3, -0.25) is 9.69 Å². The van der Waals surface area contributed by atoms with E-state index in [-0.39, 0.29) is 18.4 Å². The van der Waals surface area contributed by atoms with Crippen LogP contribution in [0.4, 0.5) is 5.13 Å². The summed E-state index contributed by atoms with van der Waals surface area (Å²) in [4.78, 5) is 18.9. The molecule has 2 N–H and O–H groups in total. The Bertz CT molecular complexity index is 405. The van der Waals surface area contributed by atoms with E-state index in [1.165, 1.54) is 12.0 Å². The average Bonchev–Trinajstić information content (AvgIpc) is 2.77. The Hall–Kier alpha value is -0.850. The van der Waals surface area contributed by atoms with E-state index in [0.29, 0.717) is 17.5 Å². The molecule has 5 nitrogen and oxygen atoms in total. The van der Waals surface area contributed by atoms with Crippen LogP contribution in [0, 0.1) is 5.92 Å². The van der Waals surface area contributed by atoms with Crippen LogP contribution < -0.4 is 5.73 Å². The molecule has 1 aliphatic heterocycles. The minimum atomic E-state index is -0.0938. The zero-order valence-corrected chi connectivity index (χ0v) is 12.6. The molecule has 7 heteroatoms. The third-order valence-electron chi connectivity index (χ3n) is 3.34. The Kier molecular flexibility index (Phi) is 6.54. The molecule has 1 fully saturated rings. The lowest BCUT2D eigenvalue weighted by molar-refractivity contribution is -0.142. The number of hydrogen-bond acceptors (Lipinski definition) is 6. The van der Waals surface area contributed by atoms with Crippen molar-refractivity contribution < 1.29 is 9.53 Å². The summed E-state index contributed by atoms with van der Waals surface area (Å²) in [5.74, 6) is 0.379. The minimum Gasteiger partial charge on any atom is -0.469 e. The van der Waals surface area contributed by atoms with Crippen LogP contribution in [-0.2, 0) is 16.1 Å². The Balaban J connectivity index is 0.00000180. The van der Waals surface area contributed by atoms with Crippen molar-refractivity contribution in [2.45, 2.75) is 25.8 Å². The lowest BCUT2D eigenvalue weighted by Crippen LogP contribution is -2.33. The summed E-state index contributed by atoms with van der Waals surface area (Å²) < 4.78 is 4.71. The number of esters is 1. The van der Waals surface area contributed by atoms with Crippen molar-refractivity contribution in [1.82, 2.24) is 9.88 Å². The lowest BCUT2D eigenvalue weighted by Gasteiger charge is -2.30. The number of aromatic nitrogens is 1. The van der Waals surface area contributed by atoms with Gasteiger partial charge in [0.25, 0.3) is 0 Å². The fraction of sp³-hybridized carbons (Fsp3) is 0.667. The summed E-state index contributed by atoms with van der Waals surface area (Å²) in [6.45, 7) is 2.97. The van der Waals surface area contributed by atoms with Crippen LogP contribution in [0.2, 0.25) is 0 Å². The Labute approximate surface area is 123 Å². The molecule has 2 heterocycles. The number of nitrogens with two attached hydrogens (primary N) is 1. The van der Waals surface area contributed by atoms with Gasteiger partial charge in [0, 0.05) is 24.0 Å². The van der Waals surface area contributed by atoms with E-state index in [2.05, 4.69) is 9.88 Å². The SMILES string of the molecule is COC(=O)CC1CCN(Cc2cnc(N)s2)CC1.Cl. The number of carbonyl (C=O) groups is 1. The molecule has 0 aliphatic carbocycles. The monoisotopic (exact) mass is 305 g/mol. The Morgan fingerprint density at radius 1 is 1.58 bits per heavy atom. The first-order valence-corrected chi connectivity index (χ1v) is 6.98. The lowest BCUT2D eigenvalue weighted by atomic mass is 9.93. The van der Waals surface area contributed by atoms with Crippen LogP contribution in [0.5, 0.6) is 0 Å². The number of halogens is 1. The predicted octanol–water partition coefficient (Wildman–Crippen LogP) is 1.92. The van der Waals surface area contributed by atoms with Gasteiger partial charge in [-0.05, 0) is 31.8 Å². The van der Waals surface area contributed by atoms with Crippen molar-refractivity contribution >= 4 is 34.8 Å². The molecule has 0 saturated carbocycles. The maximum atomic E-state index is 11.2. The molecule has 0 unspecified atom stereocenters. The highest BCUT2D eigenvalue weighted by atomic mass is 35.5. The van der Waals surface area contributed by atoms with Gasteiger partial charge in [-0.2, -0.15) is 0 Å². The molecular formula is C12H20ClN3O2S. The van der Waals surface area contributed by atoms with E-state index in [9.17, 15) is 4.79 Å². The highest BCUT2D eigenvalue weighted by Crippen LogP contribution is 2.24. The summed E-state index contributed by atoms with van der Waals surface area (Å²) in [6.07, 6.45) is 4.52. The second-order valence-electron chi connectivity index (χ2n) is 4.66. The second-order valence-corrected chi connectivity index (χ2v) is 5.81. The van der Waals surface area contributed by atoms with Crippen LogP contribution in [0.15, 0.2) is 6.20 Å². The number of methoxy groups -OCH3 is 1. The van der Waals surface area contributed by atoms with E-state index in [1.54, 1.807) is 11.3 Å². The van der Waals surface area contributed by atoms with Gasteiger partial charge < -0.3 is 10.5 Å². The van der Waals surface area contributed by atoms with Gasteiger partial charge in [-0.1, -0.05) is 0 Å². The Morgan fingerprint density at radius 2 is 2.26 bits per heavy atom. The van der Waals surface area contributed by atoms with Gasteiger partial charge in [0.2, 0.25) is 0 Å². The zero-order chi connectivity index (χ0) is 13.0. The van der Waals surface area contributed by atoms with Gasteiger partial charge in [-0.25, -0.2) is 4.98 Å². The molecular weight excluding hydrogens is 286 g/mol. The summed E-state index contributed by atoms with van der Waals surface area (Å²) in [5.41, 5.74) is 5.61. The molecule has 0 radical (unpaired) electrons. The molecule has 0 atom stereocenters. The molecule has 1 saturated heterocycles. The number of nitrogen functional groups attached to an aromatic ring is 1. The number of thiazole rings is 1. The van der Waals surface area contributed by atoms with Crippen molar-refractivity contribution in [2.24, 2.45) is 5.92 Å². The van der Waals surface area contributed by atoms with Crippen molar-refractivity contribution in [1.29, 1.82) is 0 Å². The summed E-state index contributed by atoms with van der Waals surface area (Å²) in [5, 5.41) is 0.630. The van der Waals surface area contributed by atoms with Crippen molar-refractivity contribution in [2.75, 3.05) is 25.9 Å². The molecule has 0 bridgehead atoms. The number of anilines is 1. The van der Waals surface area contributed by atoms with E-state index in [1.807, 2.05) is 6.20 Å². The largest absolute Gasteiger partial charge is 0.469 e. The fourth-order valence-corrected chi connectivity index (χ4v) is 3.01. The number of piperidine rings is 1. The van der Waals surface area contributed by atoms with Crippen molar-refractivity contribution in [3.05, 3.63) is 11.1 Å². The highest BCUT2D eigenvalue weighted by Gasteiger charge is 2.22. The third kappa shape index (κ3) is 4.97. The van der Waals surface area contributed by atoms with Gasteiger partial charge in [0.05, 0.1) is 7.11 Å². The van der Waals surface area contributed by atoms with E-state index in [4.69, 9.17) is 10.5 Å². The Morgan fingerprint density at radius 3 is 2.79 bits per heavy atom. The third-order valence-corrected chi connectivity index (χ3v) is 4.15. The highest BCUT2D eigenvalue weighted by molar-refractivity contribution is 7.15. The van der Waals surface area contributed by atoms with Crippen LogP contribution in [0.25, 0.3) is 0 Å². The molecule has 0 aromatic carbocycles. The first kappa shape index (κ1) is 16.2. The van der Waals surface area contributed by atoms with Crippen molar-refractivity contribution in [3.8, 4) is 0 Å². The molecule has 1 aromatic heterocycles. The number of nitrogens with zero attached hydrogens (tertiary/aromatic N) is 2. The number of hydrogen-bond donors (Lipinski definition) is 1. The van der Waals surface area contributed by atoms with E-state index in [0.717, 1.165) is 32.5 Å². The maximum absolute atomic E-state index is 11.2. The summed E-state index contributed by atoms with van der Waals surface area (Å²) >= 11 is 1.55. The number of rotatable bonds is 4. The summed E-state index contributed by atoms with van der Waals surface area (Å²) in [6, 6.07) is 0. The maximum Gasteiger partial charge on any atom is 0.305 e. The fourth-order valence-electron chi connectivity index (χ4n) is 2.28. The zero-order valence-electron chi connectivity index (χ0n) is 11.0. The second kappa shape index (κ2) is 7.67. The standard InChI is InChI=1S/C12H19N3O2S.ClH/c1-17-11(16)6-9-2-4-15(5-3-9)8-10-7-14-12(13)18-10;/h7,9H,2-6,8H2,1H3,(H2,13,14);1H.